The molecule has 1 saturated heterocycles. The van der Waals surface area contributed by atoms with E-state index in [1.54, 1.807) is 28.3 Å². The number of rotatable bonds is 6. The van der Waals surface area contributed by atoms with Crippen LogP contribution in [0, 0.1) is 0 Å². The second kappa shape index (κ2) is 13.3. The summed E-state index contributed by atoms with van der Waals surface area (Å²) in [5.74, 6) is -0.528. The van der Waals surface area contributed by atoms with E-state index in [1.165, 1.54) is 6.42 Å². The Hall–Kier alpha value is -3.42. The van der Waals surface area contributed by atoms with E-state index in [4.69, 9.17) is 4.74 Å². The minimum Gasteiger partial charge on any atom is -0.444 e. The molecule has 0 spiro atoms. The molecule has 1 aliphatic carbocycles. The van der Waals surface area contributed by atoms with Crippen LogP contribution >= 0.6 is 0 Å². The van der Waals surface area contributed by atoms with Crippen LogP contribution in [-0.4, -0.2) is 52.0 Å². The normalized spacial score (nSPS) is 19.1. The molecule has 2 aromatic rings. The average Bonchev–Trinajstić information content (AvgIpc) is 2.95. The summed E-state index contributed by atoms with van der Waals surface area (Å²) < 4.78 is 5.72. The lowest BCUT2D eigenvalue weighted by Gasteiger charge is -2.40. The number of piperidine rings is 1. The predicted molar refractivity (Wildman–Crippen MR) is 165 cm³/mol. The van der Waals surface area contributed by atoms with Gasteiger partial charge in [-0.1, -0.05) is 58.2 Å². The van der Waals surface area contributed by atoms with E-state index in [0.29, 0.717) is 24.2 Å². The van der Waals surface area contributed by atoms with Crippen LogP contribution in [0.1, 0.15) is 110 Å². The zero-order valence-electron chi connectivity index (χ0n) is 26.2. The molecule has 3 amide bonds. The molecule has 1 aromatic heterocycles. The molecule has 1 saturated carbocycles. The Morgan fingerprint density at radius 1 is 0.929 bits per heavy atom. The van der Waals surface area contributed by atoms with Crippen LogP contribution in [0.15, 0.2) is 48.8 Å². The SMILES string of the molecule is CC(C)(C)OC(=O)N1CCCC[C@@H]1C(=O)N(c1ccc(C(C)(C)C)cc1)C(C(=O)NC1CCCCC1)c1cccnc1. The van der Waals surface area contributed by atoms with Gasteiger partial charge in [0.05, 0.1) is 0 Å². The molecule has 2 aliphatic rings. The van der Waals surface area contributed by atoms with Crippen LogP contribution in [0.4, 0.5) is 10.5 Å². The highest BCUT2D eigenvalue weighted by Crippen LogP contribution is 2.34. The third-order valence-electron chi connectivity index (χ3n) is 8.12. The van der Waals surface area contributed by atoms with Crippen molar-refractivity contribution in [3.8, 4) is 0 Å². The third-order valence-corrected chi connectivity index (χ3v) is 8.12. The molecule has 4 rings (SSSR count). The number of benzene rings is 1. The van der Waals surface area contributed by atoms with Crippen molar-refractivity contribution in [2.24, 2.45) is 0 Å². The van der Waals surface area contributed by atoms with Crippen LogP contribution in [0.25, 0.3) is 0 Å². The van der Waals surface area contributed by atoms with Gasteiger partial charge in [-0.3, -0.25) is 24.4 Å². The fourth-order valence-corrected chi connectivity index (χ4v) is 5.90. The maximum Gasteiger partial charge on any atom is 0.410 e. The van der Waals surface area contributed by atoms with E-state index in [0.717, 1.165) is 44.1 Å². The summed E-state index contributed by atoms with van der Waals surface area (Å²) in [6, 6.07) is 9.85. The molecular weight excluding hydrogens is 528 g/mol. The van der Waals surface area contributed by atoms with E-state index >= 15 is 0 Å². The van der Waals surface area contributed by atoms with Gasteiger partial charge >= 0.3 is 6.09 Å². The van der Waals surface area contributed by atoms with Crippen molar-refractivity contribution in [2.45, 2.75) is 122 Å². The molecule has 0 bridgehead atoms. The lowest BCUT2D eigenvalue weighted by atomic mass is 9.87. The number of carbonyl (C=O) groups is 3. The Bertz CT molecular complexity index is 1210. The van der Waals surface area contributed by atoms with E-state index < -0.39 is 23.8 Å². The molecule has 1 unspecified atom stereocenters. The number of ether oxygens (including phenoxy) is 1. The van der Waals surface area contributed by atoms with Crippen molar-refractivity contribution in [1.29, 1.82) is 0 Å². The lowest BCUT2D eigenvalue weighted by Crippen LogP contribution is -2.56. The summed E-state index contributed by atoms with van der Waals surface area (Å²) in [7, 11) is 0. The van der Waals surface area contributed by atoms with Crippen LogP contribution in [0.3, 0.4) is 0 Å². The van der Waals surface area contributed by atoms with Crippen molar-refractivity contribution >= 4 is 23.6 Å². The Kier molecular flexibility index (Phi) is 9.95. The first kappa shape index (κ1) is 31.5. The summed E-state index contributed by atoms with van der Waals surface area (Å²) in [5.41, 5.74) is 1.58. The van der Waals surface area contributed by atoms with Gasteiger partial charge in [-0.25, -0.2) is 4.79 Å². The number of carbonyl (C=O) groups excluding carboxylic acids is 3. The molecule has 1 aliphatic heterocycles. The second-order valence-corrected chi connectivity index (χ2v) is 13.7. The standard InChI is InChI=1S/C34H48N4O4/c1-33(2,3)25-17-19-27(20-18-25)38(31(40)28-16-10-11-22-37(28)32(41)42-34(4,5)6)29(24-13-12-21-35-23-24)30(39)36-26-14-8-7-9-15-26/h12-13,17-21,23,26,28-29H,7-11,14-16,22H2,1-6H3,(H,36,39)/t28-,29?/m1/s1. The number of aromatic nitrogens is 1. The zero-order valence-corrected chi connectivity index (χ0v) is 26.2. The van der Waals surface area contributed by atoms with Gasteiger partial charge in [0, 0.05) is 36.2 Å². The van der Waals surface area contributed by atoms with Crippen molar-refractivity contribution in [3.63, 3.8) is 0 Å². The van der Waals surface area contributed by atoms with Crippen molar-refractivity contribution in [2.75, 3.05) is 11.4 Å². The van der Waals surface area contributed by atoms with E-state index in [9.17, 15) is 14.4 Å². The maximum absolute atomic E-state index is 14.7. The van der Waals surface area contributed by atoms with Gasteiger partial charge in [0.2, 0.25) is 5.91 Å². The van der Waals surface area contributed by atoms with Gasteiger partial charge in [-0.2, -0.15) is 0 Å². The Morgan fingerprint density at radius 3 is 2.19 bits per heavy atom. The van der Waals surface area contributed by atoms with Crippen LogP contribution in [-0.2, 0) is 19.7 Å². The first-order chi connectivity index (χ1) is 19.8. The number of anilines is 1. The van der Waals surface area contributed by atoms with Crippen molar-refractivity contribution < 1.29 is 19.1 Å². The molecule has 8 nitrogen and oxygen atoms in total. The summed E-state index contributed by atoms with van der Waals surface area (Å²) >= 11 is 0. The number of nitrogens with zero attached hydrogens (tertiary/aromatic N) is 3. The molecule has 1 N–H and O–H groups in total. The maximum atomic E-state index is 14.7. The van der Waals surface area contributed by atoms with Gasteiger partial charge in [0.1, 0.15) is 17.7 Å². The Labute approximate surface area is 251 Å². The zero-order chi connectivity index (χ0) is 30.5. The Balaban J connectivity index is 1.79. The van der Waals surface area contributed by atoms with Crippen LogP contribution < -0.4 is 10.2 Å². The molecule has 0 radical (unpaired) electrons. The highest BCUT2D eigenvalue weighted by atomic mass is 16.6. The lowest BCUT2D eigenvalue weighted by molar-refractivity contribution is -0.130. The van der Waals surface area contributed by atoms with E-state index in [1.807, 2.05) is 51.1 Å². The molecule has 2 fully saturated rings. The average molecular weight is 577 g/mol. The highest BCUT2D eigenvalue weighted by Gasteiger charge is 2.42. The Morgan fingerprint density at radius 2 is 1.60 bits per heavy atom. The molecule has 2 atom stereocenters. The highest BCUT2D eigenvalue weighted by molar-refractivity contribution is 6.04. The summed E-state index contributed by atoms with van der Waals surface area (Å²) in [4.78, 5) is 49.7. The van der Waals surface area contributed by atoms with Crippen LogP contribution in [0.5, 0.6) is 0 Å². The first-order valence-electron chi connectivity index (χ1n) is 15.5. The van der Waals surface area contributed by atoms with Gasteiger partial charge in [-0.15, -0.1) is 0 Å². The molecule has 228 valence electrons. The smallest absolute Gasteiger partial charge is 0.410 e. The van der Waals surface area contributed by atoms with E-state index in [-0.39, 0.29) is 23.3 Å². The number of hydrogen-bond donors (Lipinski definition) is 1. The fraction of sp³-hybridized carbons (Fsp3) is 0.588. The van der Waals surface area contributed by atoms with Gasteiger partial charge in [0.25, 0.3) is 5.91 Å². The van der Waals surface area contributed by atoms with Crippen LogP contribution in [0.2, 0.25) is 0 Å². The monoisotopic (exact) mass is 576 g/mol. The van der Waals surface area contributed by atoms with Crippen molar-refractivity contribution in [3.05, 3.63) is 59.9 Å². The number of pyridine rings is 1. The first-order valence-corrected chi connectivity index (χ1v) is 15.5. The molecular formula is C34H48N4O4. The van der Waals surface area contributed by atoms with Gasteiger partial charge in [0.15, 0.2) is 0 Å². The molecule has 8 heteroatoms. The number of nitrogens with one attached hydrogen (secondary N) is 1. The largest absolute Gasteiger partial charge is 0.444 e. The number of amides is 3. The molecule has 2 heterocycles. The minimum absolute atomic E-state index is 0.0681. The van der Waals surface area contributed by atoms with Gasteiger partial charge < -0.3 is 10.1 Å². The molecule has 1 aromatic carbocycles. The van der Waals surface area contributed by atoms with Crippen molar-refractivity contribution in [1.82, 2.24) is 15.2 Å². The van der Waals surface area contributed by atoms with E-state index in [2.05, 4.69) is 31.1 Å². The van der Waals surface area contributed by atoms with Gasteiger partial charge in [-0.05, 0) is 82.1 Å². The number of likely N-dealkylation sites (tertiary alicyclic amines) is 1. The number of hydrogen-bond acceptors (Lipinski definition) is 5. The summed E-state index contributed by atoms with van der Waals surface area (Å²) in [5, 5.41) is 3.26. The predicted octanol–water partition coefficient (Wildman–Crippen LogP) is 6.69. The fourth-order valence-electron chi connectivity index (χ4n) is 5.90. The quantitative estimate of drug-likeness (QED) is 0.414. The minimum atomic E-state index is -0.948. The molecule has 42 heavy (non-hydrogen) atoms. The topological polar surface area (TPSA) is 91.8 Å². The summed E-state index contributed by atoms with van der Waals surface area (Å²) in [6.07, 6.45) is 10.1. The summed E-state index contributed by atoms with van der Waals surface area (Å²) in [6.45, 7) is 12.3. The second-order valence-electron chi connectivity index (χ2n) is 13.7. The third kappa shape index (κ3) is 7.90.